The van der Waals surface area contributed by atoms with Crippen LogP contribution in [0.5, 0.6) is 0 Å². The number of nitrogens with zero attached hydrogens (tertiary/aromatic N) is 4. The fraction of sp³-hybridized carbons (Fsp3) is 0.176. The van der Waals surface area contributed by atoms with Gasteiger partial charge in [0.05, 0.1) is 10.3 Å². The maximum Gasteiger partial charge on any atom is 0.238 e. The number of hydrogen-bond donors (Lipinski definition) is 1. The second kappa shape index (κ2) is 8.07. The van der Waals surface area contributed by atoms with Crippen LogP contribution in [-0.2, 0) is 11.8 Å². The number of carbonyl (C=O) groups is 1. The van der Waals surface area contributed by atoms with Crippen molar-refractivity contribution in [1.82, 2.24) is 19.7 Å². The summed E-state index contributed by atoms with van der Waals surface area (Å²) >= 11 is 13.0. The summed E-state index contributed by atoms with van der Waals surface area (Å²) in [5.41, 5.74) is 0.902. The van der Waals surface area contributed by atoms with Crippen LogP contribution in [0, 0.1) is 0 Å². The first-order chi connectivity index (χ1) is 12.4. The third-order valence-corrected chi connectivity index (χ3v) is 5.18. The molecule has 1 atom stereocenters. The number of hydrogen-bond acceptors (Lipinski definition) is 5. The smallest absolute Gasteiger partial charge is 0.238 e. The third kappa shape index (κ3) is 4.35. The molecule has 0 saturated carbocycles. The predicted molar refractivity (Wildman–Crippen MR) is 105 cm³/mol. The molecule has 1 aromatic carbocycles. The van der Waals surface area contributed by atoms with Crippen LogP contribution in [0.25, 0.3) is 11.4 Å². The van der Waals surface area contributed by atoms with Crippen LogP contribution in [0.3, 0.4) is 0 Å². The van der Waals surface area contributed by atoms with Gasteiger partial charge in [0.15, 0.2) is 11.0 Å². The largest absolute Gasteiger partial charge is 0.310 e. The number of nitrogens with one attached hydrogen (secondary N) is 1. The highest BCUT2D eigenvalue weighted by Crippen LogP contribution is 2.27. The molecule has 134 valence electrons. The number of anilines is 1. The number of halogens is 2. The Kier molecular flexibility index (Phi) is 5.80. The van der Waals surface area contributed by atoms with Crippen molar-refractivity contribution in [2.45, 2.75) is 17.3 Å². The van der Waals surface area contributed by atoms with E-state index in [0.717, 1.165) is 5.56 Å². The quantitative estimate of drug-likeness (QED) is 0.638. The van der Waals surface area contributed by atoms with Gasteiger partial charge >= 0.3 is 0 Å². The summed E-state index contributed by atoms with van der Waals surface area (Å²) in [6.45, 7) is 1.80. The van der Waals surface area contributed by atoms with E-state index in [2.05, 4.69) is 20.5 Å². The number of aromatic nitrogens is 4. The molecule has 3 aromatic rings. The number of carbonyl (C=O) groups excluding carboxylic acids is 1. The van der Waals surface area contributed by atoms with Crippen molar-refractivity contribution in [2.24, 2.45) is 7.05 Å². The molecule has 2 aromatic heterocycles. The molecule has 1 N–H and O–H groups in total. The van der Waals surface area contributed by atoms with E-state index in [1.165, 1.54) is 18.0 Å². The molecule has 2 heterocycles. The first kappa shape index (κ1) is 18.7. The van der Waals surface area contributed by atoms with E-state index in [-0.39, 0.29) is 11.2 Å². The molecule has 0 saturated heterocycles. The molecule has 0 aliphatic carbocycles. The summed E-state index contributed by atoms with van der Waals surface area (Å²) in [7, 11) is 1.86. The fourth-order valence-electron chi connectivity index (χ4n) is 2.16. The Morgan fingerprint density at radius 1 is 1.12 bits per heavy atom. The molecule has 0 unspecified atom stereocenters. The lowest BCUT2D eigenvalue weighted by atomic mass is 10.2. The number of amides is 1. The van der Waals surface area contributed by atoms with Crippen molar-refractivity contribution in [3.8, 4) is 11.4 Å². The Morgan fingerprint density at radius 3 is 2.46 bits per heavy atom. The predicted octanol–water partition coefficient (Wildman–Crippen LogP) is 4.30. The van der Waals surface area contributed by atoms with Crippen molar-refractivity contribution < 1.29 is 4.79 Å². The van der Waals surface area contributed by atoms with Gasteiger partial charge in [0.25, 0.3) is 0 Å². The van der Waals surface area contributed by atoms with Crippen LogP contribution in [0.2, 0.25) is 10.0 Å². The van der Waals surface area contributed by atoms with Crippen molar-refractivity contribution in [1.29, 1.82) is 0 Å². The highest BCUT2D eigenvalue weighted by molar-refractivity contribution is 8.00. The van der Waals surface area contributed by atoms with E-state index in [0.29, 0.717) is 26.8 Å². The van der Waals surface area contributed by atoms with Gasteiger partial charge in [0.2, 0.25) is 5.91 Å². The molecule has 0 bridgehead atoms. The first-order valence-electron chi connectivity index (χ1n) is 7.68. The topological polar surface area (TPSA) is 72.7 Å². The summed E-state index contributed by atoms with van der Waals surface area (Å²) in [5, 5.41) is 12.6. The van der Waals surface area contributed by atoms with Crippen molar-refractivity contribution >= 4 is 46.7 Å². The van der Waals surface area contributed by atoms with Gasteiger partial charge in [-0.25, -0.2) is 4.98 Å². The Balaban J connectivity index is 1.69. The lowest BCUT2D eigenvalue weighted by molar-refractivity contribution is -0.115. The monoisotopic (exact) mass is 407 g/mol. The number of rotatable bonds is 5. The average molecular weight is 408 g/mol. The van der Waals surface area contributed by atoms with Gasteiger partial charge < -0.3 is 9.88 Å². The molecular weight excluding hydrogens is 393 g/mol. The SMILES string of the molecule is C[C@@H](Sc1nnc(-c2ccc(Cl)cc2)n1C)C(=O)Nc1ccc(Cl)cn1. The van der Waals surface area contributed by atoms with Crippen molar-refractivity contribution in [3.63, 3.8) is 0 Å². The van der Waals surface area contributed by atoms with E-state index >= 15 is 0 Å². The number of thioether (sulfide) groups is 1. The Morgan fingerprint density at radius 2 is 1.81 bits per heavy atom. The molecule has 26 heavy (non-hydrogen) atoms. The van der Waals surface area contributed by atoms with Gasteiger partial charge in [-0.3, -0.25) is 4.79 Å². The minimum Gasteiger partial charge on any atom is -0.310 e. The normalized spacial score (nSPS) is 12.0. The zero-order chi connectivity index (χ0) is 18.7. The molecule has 0 aliphatic heterocycles. The Hall–Kier alpha value is -2.09. The van der Waals surface area contributed by atoms with Gasteiger partial charge in [0, 0.05) is 23.8 Å². The lowest BCUT2D eigenvalue weighted by Gasteiger charge is -2.11. The third-order valence-electron chi connectivity index (χ3n) is 3.57. The minimum atomic E-state index is -0.381. The molecule has 0 fully saturated rings. The molecule has 1 amide bonds. The summed E-state index contributed by atoms with van der Waals surface area (Å²) in [6.07, 6.45) is 1.48. The standard InChI is InChI=1S/C17H15Cl2N5OS/c1-10(16(25)21-14-8-7-13(19)9-20-14)26-17-23-22-15(24(17)2)11-3-5-12(18)6-4-11/h3-10H,1-2H3,(H,20,21,25)/t10-/m1/s1. The average Bonchev–Trinajstić information content (AvgIpc) is 2.98. The van der Waals surface area contributed by atoms with Crippen LogP contribution >= 0.6 is 35.0 Å². The van der Waals surface area contributed by atoms with E-state index in [4.69, 9.17) is 23.2 Å². The Labute approximate surface area is 164 Å². The molecular formula is C17H15Cl2N5OS. The van der Waals surface area contributed by atoms with Gasteiger partial charge in [-0.1, -0.05) is 35.0 Å². The van der Waals surface area contributed by atoms with Gasteiger partial charge in [-0.15, -0.1) is 10.2 Å². The minimum absolute atomic E-state index is 0.180. The Bertz CT molecular complexity index is 912. The summed E-state index contributed by atoms with van der Waals surface area (Å²) in [6, 6.07) is 10.7. The first-order valence-corrected chi connectivity index (χ1v) is 9.32. The zero-order valence-electron chi connectivity index (χ0n) is 14.0. The van der Waals surface area contributed by atoms with E-state index < -0.39 is 0 Å². The molecule has 0 aliphatic rings. The fourth-order valence-corrected chi connectivity index (χ4v) is 3.21. The van der Waals surface area contributed by atoms with E-state index in [1.807, 2.05) is 23.7 Å². The maximum absolute atomic E-state index is 12.4. The van der Waals surface area contributed by atoms with Crippen molar-refractivity contribution in [3.05, 3.63) is 52.6 Å². The van der Waals surface area contributed by atoms with Crippen LogP contribution in [0.4, 0.5) is 5.82 Å². The highest BCUT2D eigenvalue weighted by atomic mass is 35.5. The second-order valence-electron chi connectivity index (χ2n) is 5.48. The van der Waals surface area contributed by atoms with Gasteiger partial charge in [-0.05, 0) is 43.3 Å². The van der Waals surface area contributed by atoms with Crippen LogP contribution in [-0.4, -0.2) is 30.9 Å². The van der Waals surface area contributed by atoms with Crippen LogP contribution < -0.4 is 5.32 Å². The number of pyridine rings is 1. The number of benzene rings is 1. The molecule has 0 radical (unpaired) electrons. The molecule has 9 heteroatoms. The lowest BCUT2D eigenvalue weighted by Crippen LogP contribution is -2.23. The van der Waals surface area contributed by atoms with Crippen molar-refractivity contribution in [2.75, 3.05) is 5.32 Å². The molecule has 6 nitrogen and oxygen atoms in total. The summed E-state index contributed by atoms with van der Waals surface area (Å²) < 4.78 is 1.85. The highest BCUT2D eigenvalue weighted by Gasteiger charge is 2.19. The van der Waals surface area contributed by atoms with Crippen LogP contribution in [0.1, 0.15) is 6.92 Å². The molecule has 3 rings (SSSR count). The summed E-state index contributed by atoms with van der Waals surface area (Å²) in [5.74, 6) is 0.976. The molecule has 0 spiro atoms. The van der Waals surface area contributed by atoms with Crippen LogP contribution in [0.15, 0.2) is 47.8 Å². The van der Waals surface area contributed by atoms with Gasteiger partial charge in [0.1, 0.15) is 5.82 Å². The van der Waals surface area contributed by atoms with E-state index in [9.17, 15) is 4.79 Å². The van der Waals surface area contributed by atoms with Gasteiger partial charge in [-0.2, -0.15) is 0 Å². The maximum atomic E-state index is 12.4. The zero-order valence-corrected chi connectivity index (χ0v) is 16.3. The summed E-state index contributed by atoms with van der Waals surface area (Å²) in [4.78, 5) is 16.4. The second-order valence-corrected chi connectivity index (χ2v) is 7.66. The van der Waals surface area contributed by atoms with E-state index in [1.54, 1.807) is 31.2 Å².